The highest BCUT2D eigenvalue weighted by atomic mass is 32.1. The van der Waals surface area contributed by atoms with Crippen molar-refractivity contribution in [2.24, 2.45) is 0 Å². The third-order valence-corrected chi connectivity index (χ3v) is 6.70. The molecule has 0 radical (unpaired) electrons. The molecule has 21 heavy (non-hydrogen) atoms. The lowest BCUT2D eigenvalue weighted by Crippen LogP contribution is -2.48. The summed E-state index contributed by atoms with van der Waals surface area (Å²) in [5, 5.41) is 5.78. The van der Waals surface area contributed by atoms with Crippen LogP contribution in [-0.4, -0.2) is 36.0 Å². The molecule has 2 bridgehead atoms. The summed E-state index contributed by atoms with van der Waals surface area (Å²) in [6.07, 6.45) is 9.64. The maximum atomic E-state index is 12.9. The van der Waals surface area contributed by atoms with E-state index in [-0.39, 0.29) is 5.91 Å². The monoisotopic (exact) mass is 304 g/mol. The number of aryl methyl sites for hydroxylation is 1. The van der Waals surface area contributed by atoms with Crippen LogP contribution in [0.25, 0.3) is 0 Å². The molecule has 2 unspecified atom stereocenters. The Balaban J connectivity index is 1.53. The molecule has 1 aromatic rings. The van der Waals surface area contributed by atoms with Crippen LogP contribution in [0.5, 0.6) is 0 Å². The zero-order valence-corrected chi connectivity index (χ0v) is 13.5. The Morgan fingerprint density at radius 1 is 1.24 bits per heavy atom. The number of hydrogen-bond donors (Lipinski definition) is 1. The minimum absolute atomic E-state index is 0.265. The van der Waals surface area contributed by atoms with E-state index in [0.717, 1.165) is 24.8 Å². The van der Waals surface area contributed by atoms with Gasteiger partial charge in [0.25, 0.3) is 5.91 Å². The highest BCUT2D eigenvalue weighted by Crippen LogP contribution is 2.33. The number of nitrogens with zero attached hydrogens (tertiary/aromatic N) is 1. The van der Waals surface area contributed by atoms with Crippen molar-refractivity contribution in [3.05, 3.63) is 21.4 Å². The maximum Gasteiger partial charge on any atom is 0.254 e. The number of nitrogens with one attached hydrogen (secondary N) is 1. The van der Waals surface area contributed by atoms with Crippen LogP contribution < -0.4 is 5.32 Å². The summed E-state index contributed by atoms with van der Waals surface area (Å²) in [6, 6.07) is 1.70. The standard InChI is InChI=1S/C17H24N2OS/c1-19(13-8-11-6-7-12(9-13)18-11)17(20)15-10-21-16-5-3-2-4-14(15)16/h10-13,18H,2-9H2,1H3. The molecule has 1 N–H and O–H groups in total. The quantitative estimate of drug-likeness (QED) is 0.911. The number of carbonyl (C=O) groups is 1. The molecule has 3 heterocycles. The van der Waals surface area contributed by atoms with Crippen molar-refractivity contribution in [2.45, 2.75) is 69.5 Å². The van der Waals surface area contributed by atoms with E-state index in [9.17, 15) is 4.79 Å². The Labute approximate surface area is 130 Å². The predicted octanol–water partition coefficient (Wildman–Crippen LogP) is 2.98. The van der Waals surface area contributed by atoms with Crippen molar-refractivity contribution in [1.29, 1.82) is 0 Å². The second-order valence-electron chi connectivity index (χ2n) is 6.94. The van der Waals surface area contributed by atoms with Crippen LogP contribution in [0.4, 0.5) is 0 Å². The molecule has 3 nitrogen and oxygen atoms in total. The van der Waals surface area contributed by atoms with Gasteiger partial charge < -0.3 is 10.2 Å². The number of rotatable bonds is 2. The van der Waals surface area contributed by atoms with Crippen LogP contribution in [-0.2, 0) is 12.8 Å². The van der Waals surface area contributed by atoms with E-state index in [0.29, 0.717) is 18.1 Å². The summed E-state index contributed by atoms with van der Waals surface area (Å²) in [7, 11) is 2.02. The molecule has 0 saturated carbocycles. The van der Waals surface area contributed by atoms with Gasteiger partial charge in [0.1, 0.15) is 0 Å². The van der Waals surface area contributed by atoms with Gasteiger partial charge >= 0.3 is 0 Å². The van der Waals surface area contributed by atoms with Crippen LogP contribution in [0.3, 0.4) is 0 Å². The van der Waals surface area contributed by atoms with Crippen molar-refractivity contribution in [1.82, 2.24) is 10.2 Å². The van der Waals surface area contributed by atoms with Crippen molar-refractivity contribution in [3.8, 4) is 0 Å². The smallest absolute Gasteiger partial charge is 0.254 e. The van der Waals surface area contributed by atoms with Gasteiger partial charge in [-0.3, -0.25) is 4.79 Å². The second-order valence-corrected chi connectivity index (χ2v) is 7.90. The van der Waals surface area contributed by atoms with E-state index in [2.05, 4.69) is 10.7 Å². The zero-order valence-electron chi connectivity index (χ0n) is 12.7. The van der Waals surface area contributed by atoms with Gasteiger partial charge in [0.15, 0.2) is 0 Å². The van der Waals surface area contributed by atoms with Crippen LogP contribution in [0, 0.1) is 0 Å². The first-order chi connectivity index (χ1) is 10.2. The van der Waals surface area contributed by atoms with Gasteiger partial charge in [0.05, 0.1) is 5.56 Å². The molecule has 4 heteroatoms. The van der Waals surface area contributed by atoms with Gasteiger partial charge in [-0.1, -0.05) is 0 Å². The Hall–Kier alpha value is -0.870. The number of fused-ring (bicyclic) bond motifs is 3. The number of carbonyl (C=O) groups excluding carboxylic acids is 1. The summed E-state index contributed by atoms with van der Waals surface area (Å²) in [6.45, 7) is 0. The number of thiophene rings is 1. The number of amides is 1. The highest BCUT2D eigenvalue weighted by molar-refractivity contribution is 7.10. The lowest BCUT2D eigenvalue weighted by Gasteiger charge is -2.35. The zero-order chi connectivity index (χ0) is 14.4. The summed E-state index contributed by atoms with van der Waals surface area (Å²) in [4.78, 5) is 16.4. The maximum absolute atomic E-state index is 12.9. The molecule has 0 spiro atoms. The molecule has 2 atom stereocenters. The van der Waals surface area contributed by atoms with Gasteiger partial charge in [-0.05, 0) is 56.9 Å². The number of piperidine rings is 1. The SMILES string of the molecule is CN(C(=O)c1csc2c1CCCC2)C1CC2CCC(C1)N2. The van der Waals surface area contributed by atoms with Crippen molar-refractivity contribution >= 4 is 17.2 Å². The summed E-state index contributed by atoms with van der Waals surface area (Å²) >= 11 is 1.80. The normalized spacial score (nSPS) is 31.0. The molecular formula is C17H24N2OS. The molecule has 2 saturated heterocycles. The average molecular weight is 304 g/mol. The summed E-state index contributed by atoms with van der Waals surface area (Å²) in [5.41, 5.74) is 2.36. The van der Waals surface area contributed by atoms with E-state index in [1.807, 2.05) is 11.9 Å². The molecule has 1 aliphatic carbocycles. The minimum atomic E-state index is 0.265. The Kier molecular flexibility index (Phi) is 3.54. The lowest BCUT2D eigenvalue weighted by molar-refractivity contribution is 0.0681. The molecule has 3 aliphatic rings. The first kappa shape index (κ1) is 13.8. The molecule has 0 aromatic carbocycles. The van der Waals surface area contributed by atoms with Crippen molar-refractivity contribution in [2.75, 3.05) is 7.05 Å². The van der Waals surface area contributed by atoms with E-state index in [1.165, 1.54) is 42.5 Å². The Morgan fingerprint density at radius 2 is 1.95 bits per heavy atom. The average Bonchev–Trinajstić information content (AvgIpc) is 3.09. The largest absolute Gasteiger partial charge is 0.339 e. The summed E-state index contributed by atoms with van der Waals surface area (Å²) < 4.78 is 0. The Morgan fingerprint density at radius 3 is 2.71 bits per heavy atom. The van der Waals surface area contributed by atoms with Gasteiger partial charge in [-0.25, -0.2) is 0 Å². The molecule has 2 aliphatic heterocycles. The van der Waals surface area contributed by atoms with E-state index in [4.69, 9.17) is 0 Å². The van der Waals surface area contributed by atoms with E-state index >= 15 is 0 Å². The number of hydrogen-bond acceptors (Lipinski definition) is 3. The fourth-order valence-corrected chi connectivity index (χ4v) is 5.49. The first-order valence-corrected chi connectivity index (χ1v) is 9.23. The van der Waals surface area contributed by atoms with Gasteiger partial charge in [-0.2, -0.15) is 0 Å². The minimum Gasteiger partial charge on any atom is -0.339 e. The predicted molar refractivity (Wildman–Crippen MR) is 86.0 cm³/mol. The molecule has 114 valence electrons. The third-order valence-electron chi connectivity index (χ3n) is 5.61. The third kappa shape index (κ3) is 2.42. The van der Waals surface area contributed by atoms with Gasteiger partial charge in [0, 0.05) is 35.4 Å². The first-order valence-electron chi connectivity index (χ1n) is 8.35. The Bertz CT molecular complexity index is 541. The van der Waals surface area contributed by atoms with E-state index < -0.39 is 0 Å². The fourth-order valence-electron chi connectivity index (χ4n) is 4.37. The topological polar surface area (TPSA) is 32.3 Å². The van der Waals surface area contributed by atoms with Gasteiger partial charge in [0.2, 0.25) is 0 Å². The molecule has 2 fully saturated rings. The van der Waals surface area contributed by atoms with Crippen LogP contribution in [0.2, 0.25) is 0 Å². The molecule has 1 aromatic heterocycles. The molecular weight excluding hydrogens is 280 g/mol. The lowest BCUT2D eigenvalue weighted by atomic mass is 9.94. The molecule has 4 rings (SSSR count). The van der Waals surface area contributed by atoms with Crippen LogP contribution in [0.15, 0.2) is 5.38 Å². The highest BCUT2D eigenvalue weighted by Gasteiger charge is 2.37. The summed E-state index contributed by atoms with van der Waals surface area (Å²) in [5.74, 6) is 0.265. The van der Waals surface area contributed by atoms with E-state index in [1.54, 1.807) is 11.3 Å². The second kappa shape index (κ2) is 5.40. The van der Waals surface area contributed by atoms with Crippen LogP contribution >= 0.6 is 11.3 Å². The van der Waals surface area contributed by atoms with Gasteiger partial charge in [-0.15, -0.1) is 11.3 Å². The fraction of sp³-hybridized carbons (Fsp3) is 0.706. The van der Waals surface area contributed by atoms with Crippen molar-refractivity contribution in [3.63, 3.8) is 0 Å². The van der Waals surface area contributed by atoms with Crippen molar-refractivity contribution < 1.29 is 4.79 Å². The van der Waals surface area contributed by atoms with Crippen LogP contribution in [0.1, 0.15) is 59.3 Å². The molecule has 1 amide bonds.